The van der Waals surface area contributed by atoms with Crippen LogP contribution in [-0.2, 0) is 23.8 Å². The van der Waals surface area contributed by atoms with Crippen LogP contribution in [0.4, 0.5) is 0 Å². The molecule has 0 aromatic carbocycles. The van der Waals surface area contributed by atoms with Crippen LogP contribution in [0.2, 0.25) is 0 Å². The van der Waals surface area contributed by atoms with Gasteiger partial charge in [0.1, 0.15) is 24.4 Å². The van der Waals surface area contributed by atoms with E-state index in [0.29, 0.717) is 19.3 Å². The van der Waals surface area contributed by atoms with Crippen molar-refractivity contribution in [1.82, 2.24) is 5.32 Å². The molecule has 0 aromatic rings. The maximum Gasteiger partial charge on any atom is 0.306 e. The van der Waals surface area contributed by atoms with Gasteiger partial charge in [0, 0.05) is 6.42 Å². The van der Waals surface area contributed by atoms with E-state index in [1.54, 1.807) is 6.08 Å². The predicted molar refractivity (Wildman–Crippen MR) is 324 cm³/mol. The Kier molecular flexibility index (Phi) is 52.9. The monoisotopic (exact) mass is 1110 g/mol. The third kappa shape index (κ3) is 42.9. The molecule has 1 saturated heterocycles. The standard InChI is InChI=1S/C67H127NO10/c1-4-7-10-13-16-19-22-25-26-27-28-29-30-31-32-33-34-35-37-39-42-45-48-51-54-60(71)66(75)68-58(59(70)53-50-47-44-41-38-24-21-18-15-12-9-6-3)57-76-67-65(64(74)63(73)61(56-69)77-67)78-62(72)55-52-49-46-43-40-36-23-20-17-14-11-8-5-2/h36,40,50,53,58-61,63-65,67,69-71,73-74H,4-35,37-39,41-49,51-52,54-57H2,1-3H3,(H,68,75)/b40-36-,53-50+. The Morgan fingerprint density at radius 3 is 1.24 bits per heavy atom. The van der Waals surface area contributed by atoms with Crippen LogP contribution in [0.3, 0.4) is 0 Å². The lowest BCUT2D eigenvalue weighted by molar-refractivity contribution is -0.305. The lowest BCUT2D eigenvalue weighted by Gasteiger charge is -2.41. The summed E-state index contributed by atoms with van der Waals surface area (Å²) in [5, 5.41) is 57.0. The fourth-order valence-electron chi connectivity index (χ4n) is 10.8. The molecule has 0 radical (unpaired) electrons. The minimum Gasteiger partial charge on any atom is -0.454 e. The summed E-state index contributed by atoms with van der Waals surface area (Å²) in [5.41, 5.74) is 0. The molecule has 0 spiro atoms. The largest absolute Gasteiger partial charge is 0.454 e. The first-order chi connectivity index (χ1) is 38.2. The van der Waals surface area contributed by atoms with Gasteiger partial charge in [0.2, 0.25) is 5.91 Å². The fourth-order valence-corrected chi connectivity index (χ4v) is 10.8. The Morgan fingerprint density at radius 2 is 0.846 bits per heavy atom. The van der Waals surface area contributed by atoms with E-state index in [-0.39, 0.29) is 13.0 Å². The molecule has 460 valence electrons. The topological polar surface area (TPSA) is 175 Å². The third-order valence-electron chi connectivity index (χ3n) is 16.1. The molecule has 0 bridgehead atoms. The number of aliphatic hydroxyl groups is 5. The lowest BCUT2D eigenvalue weighted by atomic mass is 9.99. The van der Waals surface area contributed by atoms with Crippen molar-refractivity contribution in [2.45, 2.75) is 378 Å². The molecule has 1 rings (SSSR count). The number of ether oxygens (including phenoxy) is 3. The normalized spacial score (nSPS) is 19.0. The van der Waals surface area contributed by atoms with Gasteiger partial charge in [-0.2, -0.15) is 0 Å². The van der Waals surface area contributed by atoms with Gasteiger partial charge in [0.05, 0.1) is 25.4 Å². The zero-order valence-electron chi connectivity index (χ0n) is 51.1. The second-order valence-corrected chi connectivity index (χ2v) is 23.6. The van der Waals surface area contributed by atoms with Gasteiger partial charge in [0.25, 0.3) is 0 Å². The first-order valence-electron chi connectivity index (χ1n) is 33.6. The molecular weight excluding hydrogens is 979 g/mol. The highest BCUT2D eigenvalue weighted by Crippen LogP contribution is 2.26. The summed E-state index contributed by atoms with van der Waals surface area (Å²) in [4.78, 5) is 26.5. The molecule has 78 heavy (non-hydrogen) atoms. The molecule has 0 saturated carbocycles. The van der Waals surface area contributed by atoms with Gasteiger partial charge in [-0.25, -0.2) is 0 Å². The number of carbonyl (C=O) groups is 2. The number of unbranched alkanes of at least 4 members (excludes halogenated alkanes) is 42. The van der Waals surface area contributed by atoms with Crippen molar-refractivity contribution in [3.05, 3.63) is 24.3 Å². The molecule has 0 aromatic heterocycles. The number of amides is 1. The number of rotatable bonds is 58. The minimum absolute atomic E-state index is 0.107. The highest BCUT2D eigenvalue weighted by molar-refractivity contribution is 5.80. The van der Waals surface area contributed by atoms with Crippen LogP contribution >= 0.6 is 0 Å². The molecule has 11 heteroatoms. The highest BCUT2D eigenvalue weighted by Gasteiger charge is 2.47. The molecule has 11 nitrogen and oxygen atoms in total. The number of esters is 1. The second-order valence-electron chi connectivity index (χ2n) is 23.6. The Hall–Kier alpha value is -1.86. The van der Waals surface area contributed by atoms with Gasteiger partial charge < -0.3 is 45.1 Å². The molecular formula is C67H127NO10. The van der Waals surface area contributed by atoms with E-state index in [0.717, 1.165) is 64.2 Å². The van der Waals surface area contributed by atoms with Gasteiger partial charge in [-0.15, -0.1) is 0 Å². The van der Waals surface area contributed by atoms with Gasteiger partial charge >= 0.3 is 5.97 Å². The summed E-state index contributed by atoms with van der Waals surface area (Å²) in [6.07, 6.45) is 55.2. The van der Waals surface area contributed by atoms with Crippen LogP contribution in [-0.4, -0.2) is 99.6 Å². The maximum atomic E-state index is 13.5. The van der Waals surface area contributed by atoms with Crippen LogP contribution in [0, 0.1) is 0 Å². The van der Waals surface area contributed by atoms with E-state index in [9.17, 15) is 35.1 Å². The average molecular weight is 1110 g/mol. The number of carbonyl (C=O) groups excluding carboxylic acids is 2. The molecule has 1 amide bonds. The van der Waals surface area contributed by atoms with E-state index in [4.69, 9.17) is 14.2 Å². The van der Waals surface area contributed by atoms with Crippen LogP contribution in [0.5, 0.6) is 0 Å². The third-order valence-corrected chi connectivity index (χ3v) is 16.1. The van der Waals surface area contributed by atoms with Crippen molar-refractivity contribution in [2.24, 2.45) is 0 Å². The number of allylic oxidation sites excluding steroid dienone is 3. The van der Waals surface area contributed by atoms with Crippen molar-refractivity contribution >= 4 is 11.9 Å². The average Bonchev–Trinajstić information content (AvgIpc) is 3.44. The summed E-state index contributed by atoms with van der Waals surface area (Å²) >= 11 is 0. The predicted octanol–water partition coefficient (Wildman–Crippen LogP) is 16.5. The Morgan fingerprint density at radius 1 is 0.487 bits per heavy atom. The molecule has 0 aliphatic carbocycles. The van der Waals surface area contributed by atoms with Crippen molar-refractivity contribution < 1.29 is 49.3 Å². The van der Waals surface area contributed by atoms with Crippen molar-refractivity contribution in [3.8, 4) is 0 Å². The number of nitrogens with one attached hydrogen (secondary N) is 1. The molecule has 1 aliphatic rings. The summed E-state index contributed by atoms with van der Waals surface area (Å²) < 4.78 is 17.6. The zero-order chi connectivity index (χ0) is 56.8. The molecule has 8 atom stereocenters. The lowest BCUT2D eigenvalue weighted by Crippen LogP contribution is -2.61. The highest BCUT2D eigenvalue weighted by atomic mass is 16.7. The SMILES string of the molecule is CCCCCCCC/C=C\CCCCCC(=O)OC1C(OCC(NC(=O)C(O)CCCCCCCCCCCCCCCCCCCCCCCCCC)C(O)/C=C/CCCCCCCCCCCC)OC(CO)C(O)C1O. The Labute approximate surface area is 480 Å². The maximum absolute atomic E-state index is 13.5. The van der Waals surface area contributed by atoms with Crippen LogP contribution in [0.15, 0.2) is 24.3 Å². The number of hydrogen-bond donors (Lipinski definition) is 6. The molecule has 1 heterocycles. The minimum atomic E-state index is -1.61. The molecule has 1 aliphatic heterocycles. The Balaban J connectivity index is 2.58. The zero-order valence-corrected chi connectivity index (χ0v) is 51.1. The smallest absolute Gasteiger partial charge is 0.306 e. The van der Waals surface area contributed by atoms with E-state index in [1.807, 2.05) is 6.08 Å². The van der Waals surface area contributed by atoms with Crippen LogP contribution < -0.4 is 5.32 Å². The van der Waals surface area contributed by atoms with E-state index in [2.05, 4.69) is 38.2 Å². The summed E-state index contributed by atoms with van der Waals surface area (Å²) in [7, 11) is 0. The van der Waals surface area contributed by atoms with Gasteiger partial charge in [0.15, 0.2) is 12.4 Å². The van der Waals surface area contributed by atoms with Crippen LogP contribution in [0.1, 0.15) is 329 Å². The quantitative estimate of drug-likeness (QED) is 0.0195. The van der Waals surface area contributed by atoms with E-state index < -0.39 is 67.4 Å². The van der Waals surface area contributed by atoms with E-state index >= 15 is 0 Å². The molecule has 8 unspecified atom stereocenters. The van der Waals surface area contributed by atoms with Crippen LogP contribution in [0.25, 0.3) is 0 Å². The van der Waals surface area contributed by atoms with Gasteiger partial charge in [-0.05, 0) is 51.4 Å². The first kappa shape index (κ1) is 74.2. The Bertz CT molecular complexity index is 1360. The van der Waals surface area contributed by atoms with Crippen molar-refractivity contribution in [1.29, 1.82) is 0 Å². The van der Waals surface area contributed by atoms with Crippen molar-refractivity contribution in [2.75, 3.05) is 13.2 Å². The fraction of sp³-hybridized carbons (Fsp3) is 0.910. The van der Waals surface area contributed by atoms with Gasteiger partial charge in [-0.3, -0.25) is 9.59 Å². The molecule has 6 N–H and O–H groups in total. The molecule has 1 fully saturated rings. The summed E-state index contributed by atoms with van der Waals surface area (Å²) in [5.74, 6) is -1.20. The number of aliphatic hydroxyl groups excluding tert-OH is 5. The summed E-state index contributed by atoms with van der Waals surface area (Å²) in [6, 6.07) is -1.02. The first-order valence-corrected chi connectivity index (χ1v) is 33.6. The van der Waals surface area contributed by atoms with Crippen molar-refractivity contribution in [3.63, 3.8) is 0 Å². The number of hydrogen-bond acceptors (Lipinski definition) is 10. The summed E-state index contributed by atoms with van der Waals surface area (Å²) in [6.45, 7) is 5.81. The van der Waals surface area contributed by atoms with E-state index in [1.165, 1.54) is 218 Å². The van der Waals surface area contributed by atoms with Gasteiger partial charge in [-0.1, -0.05) is 295 Å². The second kappa shape index (κ2) is 55.7.